The summed E-state index contributed by atoms with van der Waals surface area (Å²) in [5.41, 5.74) is 2.89. The van der Waals surface area contributed by atoms with Crippen LogP contribution in [0.5, 0.6) is 5.75 Å². The number of likely N-dealkylation sites (tertiary alicyclic amines) is 1. The van der Waals surface area contributed by atoms with E-state index in [0.29, 0.717) is 16.9 Å². The van der Waals surface area contributed by atoms with Crippen LogP contribution in [-0.2, 0) is 0 Å². The quantitative estimate of drug-likeness (QED) is 0.388. The van der Waals surface area contributed by atoms with Gasteiger partial charge in [0.1, 0.15) is 12.4 Å². The van der Waals surface area contributed by atoms with Crippen LogP contribution in [-0.4, -0.2) is 55.7 Å². The highest BCUT2D eigenvalue weighted by molar-refractivity contribution is 5.83. The first kappa shape index (κ1) is 25.1. The molecule has 4 aliphatic carbocycles. The highest BCUT2D eigenvalue weighted by atomic mass is 16.5. The molecule has 0 N–H and O–H groups in total. The van der Waals surface area contributed by atoms with Gasteiger partial charge in [-0.15, -0.1) is 0 Å². The Balaban J connectivity index is 0.996. The van der Waals surface area contributed by atoms with Gasteiger partial charge < -0.3 is 9.64 Å². The van der Waals surface area contributed by atoms with Crippen molar-refractivity contribution in [1.29, 1.82) is 0 Å². The largest absolute Gasteiger partial charge is 0.492 e. The summed E-state index contributed by atoms with van der Waals surface area (Å²) in [7, 11) is 4.72. The lowest BCUT2D eigenvalue weighted by Crippen LogP contribution is -2.52. The van der Waals surface area contributed by atoms with Gasteiger partial charge in [0.25, 0.3) is 0 Å². The zero-order valence-electron chi connectivity index (χ0n) is 24.2. The van der Waals surface area contributed by atoms with E-state index in [1.54, 1.807) is 5.57 Å². The molecule has 2 aromatic carbocycles. The number of rotatable bonds is 5. The second-order valence-corrected chi connectivity index (χ2v) is 14.1. The standard InChI is InChI=1S/C35H48N2O/c1-24-31-13-14-33-30-12-10-27-22-28(15-17-34(27,2)32(30)16-18-35(31,33)23-37(24)4)36(3)19-20-38-29-11-9-25-7-5-6-8-26(25)21-29/h5-11,21,24,28,30-33H,12-20,22-23H2,1-4H3/t24-,28-,30+,31+,32-,33-,34-,35-/m0/s1. The van der Waals surface area contributed by atoms with Gasteiger partial charge in [-0.2, -0.15) is 0 Å². The lowest BCUT2D eigenvalue weighted by molar-refractivity contribution is -0.0439. The van der Waals surface area contributed by atoms with E-state index in [-0.39, 0.29) is 0 Å². The molecule has 0 bridgehead atoms. The van der Waals surface area contributed by atoms with Gasteiger partial charge in [0.05, 0.1) is 0 Å². The van der Waals surface area contributed by atoms with Crippen molar-refractivity contribution in [2.75, 3.05) is 33.8 Å². The van der Waals surface area contributed by atoms with E-state index >= 15 is 0 Å². The molecule has 1 aliphatic heterocycles. The van der Waals surface area contributed by atoms with E-state index in [1.165, 1.54) is 68.7 Å². The Labute approximate surface area is 230 Å². The first-order valence-corrected chi connectivity index (χ1v) is 15.6. The lowest BCUT2D eigenvalue weighted by Gasteiger charge is -2.58. The third-order valence-corrected chi connectivity index (χ3v) is 12.7. The van der Waals surface area contributed by atoms with Crippen molar-refractivity contribution < 1.29 is 4.74 Å². The summed E-state index contributed by atoms with van der Waals surface area (Å²) in [5, 5.41) is 2.53. The molecule has 8 atom stereocenters. The molecule has 2 aromatic rings. The number of allylic oxidation sites excluding steroid dienone is 1. The van der Waals surface area contributed by atoms with Gasteiger partial charge in [-0.05, 0) is 130 Å². The van der Waals surface area contributed by atoms with Crippen molar-refractivity contribution in [3.05, 3.63) is 54.1 Å². The minimum absolute atomic E-state index is 0.442. The van der Waals surface area contributed by atoms with E-state index in [9.17, 15) is 0 Å². The number of nitrogens with zero attached hydrogens (tertiary/aromatic N) is 2. The van der Waals surface area contributed by atoms with Crippen molar-refractivity contribution >= 4 is 10.8 Å². The Bertz CT molecular complexity index is 1220. The summed E-state index contributed by atoms with van der Waals surface area (Å²) in [6, 6.07) is 16.4. The molecular formula is C35H48N2O. The SMILES string of the molecule is C[C@H]1[C@H]2CC[C@H]3[C@@H]4CC=C5C[C@@H](N(C)CCOc6ccc7ccccc7c6)CC[C@]5(C)[C@H]4CC[C@]23CN1C. The fourth-order valence-electron chi connectivity index (χ4n) is 10.6. The van der Waals surface area contributed by atoms with Crippen LogP contribution in [0, 0.1) is 34.5 Å². The normalized spacial score (nSPS) is 40.4. The molecule has 0 unspecified atom stereocenters. The number of likely N-dealkylation sites (N-methyl/N-ethyl adjacent to an activating group) is 1. The molecule has 5 aliphatic rings. The Hall–Kier alpha value is -1.84. The van der Waals surface area contributed by atoms with Crippen LogP contribution in [0.3, 0.4) is 0 Å². The number of fused-ring (bicyclic) bond motifs is 5. The molecule has 0 amide bonds. The molecule has 204 valence electrons. The first-order valence-electron chi connectivity index (χ1n) is 15.6. The first-order chi connectivity index (χ1) is 18.4. The van der Waals surface area contributed by atoms with Gasteiger partial charge in [0, 0.05) is 25.2 Å². The molecule has 1 saturated heterocycles. The zero-order valence-corrected chi connectivity index (χ0v) is 24.2. The molecule has 1 heterocycles. The minimum atomic E-state index is 0.442. The van der Waals surface area contributed by atoms with Gasteiger partial charge >= 0.3 is 0 Å². The number of ether oxygens (including phenoxy) is 1. The fraction of sp³-hybridized carbons (Fsp3) is 0.657. The molecule has 3 saturated carbocycles. The predicted molar refractivity (Wildman–Crippen MR) is 157 cm³/mol. The van der Waals surface area contributed by atoms with E-state index in [4.69, 9.17) is 4.74 Å². The number of benzene rings is 2. The Morgan fingerprint density at radius 2 is 1.79 bits per heavy atom. The van der Waals surface area contributed by atoms with Crippen molar-refractivity contribution in [3.63, 3.8) is 0 Å². The van der Waals surface area contributed by atoms with E-state index in [1.807, 2.05) is 0 Å². The average molecular weight is 513 g/mol. The summed E-state index contributed by atoms with van der Waals surface area (Å²) >= 11 is 0. The lowest BCUT2D eigenvalue weighted by atomic mass is 9.47. The highest BCUT2D eigenvalue weighted by Gasteiger charge is 2.63. The van der Waals surface area contributed by atoms with Crippen LogP contribution in [0.2, 0.25) is 0 Å². The molecule has 38 heavy (non-hydrogen) atoms. The summed E-state index contributed by atoms with van der Waals surface area (Å²) in [5.74, 6) is 4.77. The molecule has 7 rings (SSSR count). The van der Waals surface area contributed by atoms with Crippen molar-refractivity contribution in [1.82, 2.24) is 9.80 Å². The summed E-state index contributed by atoms with van der Waals surface area (Å²) in [6.45, 7) is 8.30. The molecule has 3 nitrogen and oxygen atoms in total. The van der Waals surface area contributed by atoms with Gasteiger partial charge in [-0.1, -0.05) is 48.9 Å². The van der Waals surface area contributed by atoms with Gasteiger partial charge in [-0.25, -0.2) is 0 Å². The Morgan fingerprint density at radius 1 is 0.974 bits per heavy atom. The summed E-state index contributed by atoms with van der Waals surface area (Å²) in [4.78, 5) is 5.29. The maximum absolute atomic E-state index is 6.20. The number of hydrogen-bond acceptors (Lipinski definition) is 3. The van der Waals surface area contributed by atoms with Crippen molar-refractivity contribution in [2.24, 2.45) is 34.5 Å². The van der Waals surface area contributed by atoms with E-state index < -0.39 is 0 Å². The van der Waals surface area contributed by atoms with Crippen LogP contribution >= 0.6 is 0 Å². The van der Waals surface area contributed by atoms with Gasteiger partial charge in [0.2, 0.25) is 0 Å². The van der Waals surface area contributed by atoms with Gasteiger partial charge in [0.15, 0.2) is 0 Å². The molecule has 4 fully saturated rings. The fourth-order valence-corrected chi connectivity index (χ4v) is 10.6. The summed E-state index contributed by atoms with van der Waals surface area (Å²) < 4.78 is 6.20. The third kappa shape index (κ3) is 3.82. The highest BCUT2D eigenvalue weighted by Crippen LogP contribution is 2.68. The maximum atomic E-state index is 6.20. The maximum Gasteiger partial charge on any atom is 0.120 e. The van der Waals surface area contributed by atoms with Crippen LogP contribution in [0.25, 0.3) is 10.8 Å². The summed E-state index contributed by atoms with van der Waals surface area (Å²) in [6.07, 6.45) is 14.1. The second kappa shape index (κ2) is 9.37. The van der Waals surface area contributed by atoms with Crippen LogP contribution < -0.4 is 4.74 Å². The molecule has 0 aromatic heterocycles. The van der Waals surface area contributed by atoms with Crippen molar-refractivity contribution in [3.8, 4) is 5.75 Å². The molecular weight excluding hydrogens is 464 g/mol. The predicted octanol–water partition coefficient (Wildman–Crippen LogP) is 7.41. The Morgan fingerprint density at radius 3 is 2.66 bits per heavy atom. The van der Waals surface area contributed by atoms with Crippen molar-refractivity contribution in [2.45, 2.75) is 77.3 Å². The smallest absolute Gasteiger partial charge is 0.120 e. The third-order valence-electron chi connectivity index (χ3n) is 12.7. The van der Waals surface area contributed by atoms with Crippen LogP contribution in [0.4, 0.5) is 0 Å². The minimum Gasteiger partial charge on any atom is -0.492 e. The van der Waals surface area contributed by atoms with E-state index in [2.05, 4.69) is 86.3 Å². The average Bonchev–Trinajstić information content (AvgIpc) is 3.41. The van der Waals surface area contributed by atoms with E-state index in [0.717, 1.165) is 48.6 Å². The van der Waals surface area contributed by atoms with Gasteiger partial charge in [-0.3, -0.25) is 4.90 Å². The zero-order chi connectivity index (χ0) is 26.1. The monoisotopic (exact) mass is 512 g/mol. The second-order valence-electron chi connectivity index (χ2n) is 14.1. The van der Waals surface area contributed by atoms with Crippen LogP contribution in [0.1, 0.15) is 65.2 Å². The molecule has 3 heteroatoms. The molecule has 0 radical (unpaired) electrons. The number of hydrogen-bond donors (Lipinski definition) is 0. The topological polar surface area (TPSA) is 15.7 Å². The Kier molecular flexibility index (Phi) is 6.20. The van der Waals surface area contributed by atoms with Crippen LogP contribution in [0.15, 0.2) is 54.1 Å². The molecule has 1 spiro atoms.